The number of nitrogens with two attached hydrogens (primary N) is 1. The zero-order chi connectivity index (χ0) is 12.5. The summed E-state index contributed by atoms with van der Waals surface area (Å²) < 4.78 is 0. The predicted molar refractivity (Wildman–Crippen MR) is 77.8 cm³/mol. The lowest BCUT2D eigenvalue weighted by molar-refractivity contribution is 0.110. The van der Waals surface area contributed by atoms with Crippen LogP contribution in [0.25, 0.3) is 0 Å². The van der Waals surface area contributed by atoms with Crippen LogP contribution in [0.1, 0.15) is 43.0 Å². The summed E-state index contributed by atoms with van der Waals surface area (Å²) in [7, 11) is 0. The van der Waals surface area contributed by atoms with E-state index < -0.39 is 0 Å². The van der Waals surface area contributed by atoms with Gasteiger partial charge in [0.05, 0.1) is 6.21 Å². The van der Waals surface area contributed by atoms with Crippen molar-refractivity contribution in [3.8, 4) is 0 Å². The number of benzene rings is 1. The SMILES string of the molecule is NC1c2ccccc2C=NN1C1CCC(Br)CC1. The van der Waals surface area contributed by atoms with Gasteiger partial charge in [-0.3, -0.25) is 5.01 Å². The molecule has 0 saturated heterocycles. The Morgan fingerprint density at radius 1 is 1.17 bits per heavy atom. The first kappa shape index (κ1) is 12.2. The highest BCUT2D eigenvalue weighted by atomic mass is 79.9. The van der Waals surface area contributed by atoms with Crippen molar-refractivity contribution in [1.82, 2.24) is 5.01 Å². The Kier molecular flexibility index (Phi) is 3.39. The van der Waals surface area contributed by atoms with E-state index >= 15 is 0 Å². The number of hydrogen-bond acceptors (Lipinski definition) is 3. The van der Waals surface area contributed by atoms with Crippen LogP contribution in [0.3, 0.4) is 0 Å². The topological polar surface area (TPSA) is 41.6 Å². The minimum atomic E-state index is -0.0944. The van der Waals surface area contributed by atoms with E-state index in [4.69, 9.17) is 5.73 Å². The Morgan fingerprint density at radius 3 is 2.67 bits per heavy atom. The minimum absolute atomic E-state index is 0.0944. The molecule has 0 radical (unpaired) electrons. The van der Waals surface area contributed by atoms with Crippen LogP contribution in [0.15, 0.2) is 29.4 Å². The van der Waals surface area contributed by atoms with Crippen molar-refractivity contribution in [2.75, 3.05) is 0 Å². The molecule has 1 heterocycles. The van der Waals surface area contributed by atoms with E-state index in [0.717, 1.165) is 5.56 Å². The van der Waals surface area contributed by atoms with Gasteiger partial charge < -0.3 is 5.73 Å². The lowest BCUT2D eigenvalue weighted by atomic mass is 9.93. The van der Waals surface area contributed by atoms with E-state index in [-0.39, 0.29) is 6.17 Å². The Morgan fingerprint density at radius 2 is 1.89 bits per heavy atom. The molecule has 18 heavy (non-hydrogen) atoms. The molecular formula is C14H18BrN3. The van der Waals surface area contributed by atoms with Crippen molar-refractivity contribution >= 4 is 22.1 Å². The van der Waals surface area contributed by atoms with Crippen molar-refractivity contribution in [2.45, 2.75) is 42.7 Å². The van der Waals surface area contributed by atoms with Crippen LogP contribution in [0.4, 0.5) is 0 Å². The third-order valence-corrected chi connectivity index (χ3v) is 4.85. The van der Waals surface area contributed by atoms with E-state index in [9.17, 15) is 0 Å². The van der Waals surface area contributed by atoms with Crippen LogP contribution in [0, 0.1) is 0 Å². The van der Waals surface area contributed by atoms with Gasteiger partial charge in [-0.2, -0.15) is 5.10 Å². The maximum absolute atomic E-state index is 6.36. The maximum atomic E-state index is 6.36. The van der Waals surface area contributed by atoms with Gasteiger partial charge >= 0.3 is 0 Å². The molecule has 1 fully saturated rings. The monoisotopic (exact) mass is 307 g/mol. The fourth-order valence-corrected chi connectivity index (χ4v) is 3.39. The summed E-state index contributed by atoms with van der Waals surface area (Å²) in [5.41, 5.74) is 8.69. The highest BCUT2D eigenvalue weighted by Crippen LogP contribution is 2.33. The molecule has 1 aliphatic heterocycles. The third-order valence-electron chi connectivity index (χ3n) is 3.93. The number of hydrogen-bond donors (Lipinski definition) is 1. The van der Waals surface area contributed by atoms with Crippen molar-refractivity contribution in [3.05, 3.63) is 35.4 Å². The van der Waals surface area contributed by atoms with Crippen LogP contribution in [0.5, 0.6) is 0 Å². The van der Waals surface area contributed by atoms with Crippen LogP contribution in [0.2, 0.25) is 0 Å². The Hall–Kier alpha value is -0.870. The van der Waals surface area contributed by atoms with Gasteiger partial charge in [0.1, 0.15) is 6.17 Å². The Bertz CT molecular complexity index is 452. The van der Waals surface area contributed by atoms with Gasteiger partial charge in [0.25, 0.3) is 0 Å². The molecule has 0 amide bonds. The Balaban J connectivity index is 1.80. The third kappa shape index (κ3) is 2.19. The molecule has 1 saturated carbocycles. The molecule has 4 heteroatoms. The summed E-state index contributed by atoms with van der Waals surface area (Å²) in [4.78, 5) is 0.672. The standard InChI is InChI=1S/C14H18BrN3/c15-11-5-7-12(8-6-11)18-14(16)13-4-2-1-3-10(13)9-17-18/h1-4,9,11-12,14H,5-8,16H2. The molecule has 2 aliphatic rings. The first-order chi connectivity index (χ1) is 8.75. The van der Waals surface area contributed by atoms with Crippen LogP contribution in [-0.2, 0) is 0 Å². The molecule has 1 atom stereocenters. The van der Waals surface area contributed by atoms with Gasteiger partial charge in [0, 0.05) is 16.4 Å². The van der Waals surface area contributed by atoms with Crippen molar-refractivity contribution < 1.29 is 0 Å². The van der Waals surface area contributed by atoms with E-state index in [1.807, 2.05) is 18.3 Å². The predicted octanol–water partition coefficient (Wildman–Crippen LogP) is 3.00. The zero-order valence-electron chi connectivity index (χ0n) is 10.3. The molecule has 0 bridgehead atoms. The van der Waals surface area contributed by atoms with Gasteiger partial charge in [-0.15, -0.1) is 0 Å². The molecule has 1 aliphatic carbocycles. The molecule has 1 aromatic carbocycles. The molecule has 96 valence electrons. The van der Waals surface area contributed by atoms with Crippen LogP contribution >= 0.6 is 15.9 Å². The number of fused-ring (bicyclic) bond motifs is 1. The lowest BCUT2D eigenvalue weighted by Crippen LogP contribution is -2.42. The lowest BCUT2D eigenvalue weighted by Gasteiger charge is -2.39. The van der Waals surface area contributed by atoms with Gasteiger partial charge in [-0.1, -0.05) is 40.2 Å². The van der Waals surface area contributed by atoms with Crippen molar-refractivity contribution in [2.24, 2.45) is 10.8 Å². The summed E-state index contributed by atoms with van der Waals surface area (Å²) in [6, 6.07) is 8.74. The second kappa shape index (κ2) is 5.02. The van der Waals surface area contributed by atoms with Crippen molar-refractivity contribution in [1.29, 1.82) is 0 Å². The first-order valence-electron chi connectivity index (χ1n) is 6.56. The van der Waals surface area contributed by atoms with Gasteiger partial charge in [-0.05, 0) is 31.2 Å². The molecule has 3 nitrogen and oxygen atoms in total. The fourth-order valence-electron chi connectivity index (χ4n) is 2.86. The largest absolute Gasteiger partial charge is 0.306 e. The van der Waals surface area contributed by atoms with E-state index in [2.05, 4.69) is 38.2 Å². The van der Waals surface area contributed by atoms with Gasteiger partial charge in [-0.25, -0.2) is 0 Å². The van der Waals surface area contributed by atoms with Crippen LogP contribution < -0.4 is 5.73 Å². The second-order valence-corrected chi connectivity index (χ2v) is 6.40. The summed E-state index contributed by atoms with van der Waals surface area (Å²) >= 11 is 3.69. The molecule has 0 aromatic heterocycles. The average Bonchev–Trinajstić information content (AvgIpc) is 2.41. The normalized spacial score (nSPS) is 31.2. The summed E-state index contributed by atoms with van der Waals surface area (Å²) in [6.07, 6.45) is 6.62. The van der Waals surface area contributed by atoms with E-state index in [1.165, 1.54) is 31.2 Å². The summed E-state index contributed by atoms with van der Waals surface area (Å²) in [5, 5.41) is 6.67. The molecule has 3 rings (SSSR count). The molecule has 0 spiro atoms. The smallest absolute Gasteiger partial charge is 0.121 e. The van der Waals surface area contributed by atoms with E-state index in [0.29, 0.717) is 10.9 Å². The Labute approximate surface area is 116 Å². The quantitative estimate of drug-likeness (QED) is 0.810. The van der Waals surface area contributed by atoms with Gasteiger partial charge in [0.2, 0.25) is 0 Å². The molecular weight excluding hydrogens is 290 g/mol. The number of nitrogens with zero attached hydrogens (tertiary/aromatic N) is 2. The minimum Gasteiger partial charge on any atom is -0.306 e. The zero-order valence-corrected chi connectivity index (χ0v) is 11.9. The molecule has 1 aromatic rings. The summed E-state index contributed by atoms with van der Waals surface area (Å²) in [6.45, 7) is 0. The van der Waals surface area contributed by atoms with E-state index in [1.54, 1.807) is 0 Å². The first-order valence-corrected chi connectivity index (χ1v) is 7.48. The number of alkyl halides is 1. The highest BCUT2D eigenvalue weighted by Gasteiger charge is 2.30. The number of halogens is 1. The molecule has 1 unspecified atom stereocenters. The van der Waals surface area contributed by atoms with Gasteiger partial charge in [0.15, 0.2) is 0 Å². The van der Waals surface area contributed by atoms with Crippen LogP contribution in [-0.4, -0.2) is 22.1 Å². The molecule has 2 N–H and O–H groups in total. The average molecular weight is 308 g/mol. The fraction of sp³-hybridized carbons (Fsp3) is 0.500. The van der Waals surface area contributed by atoms with Crippen molar-refractivity contribution in [3.63, 3.8) is 0 Å². The highest BCUT2D eigenvalue weighted by molar-refractivity contribution is 9.09. The number of rotatable bonds is 1. The number of hydrazone groups is 1. The summed E-state index contributed by atoms with van der Waals surface area (Å²) in [5.74, 6) is 0. The maximum Gasteiger partial charge on any atom is 0.121 e. The second-order valence-electron chi connectivity index (χ2n) is 5.10.